The van der Waals surface area contributed by atoms with Gasteiger partial charge in [0.15, 0.2) is 5.82 Å². The first-order valence-corrected chi connectivity index (χ1v) is 3.29. The third-order valence-electron chi connectivity index (χ3n) is 1.31. The van der Waals surface area contributed by atoms with Gasteiger partial charge in [-0.2, -0.15) is 4.98 Å². The molecule has 0 fully saturated rings. The molecule has 1 heterocycles. The van der Waals surface area contributed by atoms with E-state index in [4.69, 9.17) is 10.3 Å². The van der Waals surface area contributed by atoms with Gasteiger partial charge in [-0.15, -0.1) is 0 Å². The van der Waals surface area contributed by atoms with Crippen LogP contribution >= 0.6 is 0 Å². The Morgan fingerprint density at radius 1 is 1.70 bits per heavy atom. The molecule has 1 aromatic heterocycles. The maximum Gasteiger partial charge on any atom is 0.223 e. The molecule has 0 aliphatic heterocycles. The summed E-state index contributed by atoms with van der Waals surface area (Å²) in [6, 6.07) is -0.0857. The molecule has 0 unspecified atom stereocenters. The zero-order valence-corrected chi connectivity index (χ0v) is 6.16. The van der Waals surface area contributed by atoms with Crippen LogP contribution in [0.5, 0.6) is 0 Å². The summed E-state index contributed by atoms with van der Waals surface area (Å²) in [4.78, 5) is 3.98. The van der Waals surface area contributed by atoms with E-state index >= 15 is 0 Å². The van der Waals surface area contributed by atoms with E-state index in [1.54, 1.807) is 6.92 Å². The third-order valence-corrected chi connectivity index (χ3v) is 1.31. The van der Waals surface area contributed by atoms with Crippen molar-refractivity contribution in [1.29, 1.82) is 0 Å². The highest BCUT2D eigenvalue weighted by Crippen LogP contribution is 2.07. The van der Waals surface area contributed by atoms with Crippen LogP contribution in [-0.4, -0.2) is 10.1 Å². The summed E-state index contributed by atoms with van der Waals surface area (Å²) in [6.45, 7) is 3.73. The van der Waals surface area contributed by atoms with Crippen molar-refractivity contribution in [3.63, 3.8) is 0 Å². The van der Waals surface area contributed by atoms with Crippen molar-refractivity contribution in [2.45, 2.75) is 26.3 Å². The number of aryl methyl sites for hydroxylation is 1. The Morgan fingerprint density at radius 3 is 2.80 bits per heavy atom. The first-order chi connectivity index (χ1) is 4.74. The average molecular weight is 141 g/mol. The summed E-state index contributed by atoms with van der Waals surface area (Å²) in [5.41, 5.74) is 5.62. The zero-order chi connectivity index (χ0) is 7.56. The van der Waals surface area contributed by atoms with Gasteiger partial charge in [0.25, 0.3) is 0 Å². The van der Waals surface area contributed by atoms with Gasteiger partial charge in [-0.1, -0.05) is 12.1 Å². The molecule has 0 saturated carbocycles. The largest absolute Gasteiger partial charge is 0.340 e. The molecule has 10 heavy (non-hydrogen) atoms. The predicted molar refractivity (Wildman–Crippen MR) is 36.3 cm³/mol. The van der Waals surface area contributed by atoms with Gasteiger partial charge in [0.1, 0.15) is 0 Å². The van der Waals surface area contributed by atoms with Gasteiger partial charge in [-0.3, -0.25) is 0 Å². The molecule has 0 spiro atoms. The minimum atomic E-state index is -0.0857. The lowest BCUT2D eigenvalue weighted by Crippen LogP contribution is -2.10. The quantitative estimate of drug-likeness (QED) is 0.661. The second kappa shape index (κ2) is 2.79. The van der Waals surface area contributed by atoms with Crippen LogP contribution in [0.2, 0.25) is 0 Å². The van der Waals surface area contributed by atoms with Crippen molar-refractivity contribution >= 4 is 0 Å². The second-order valence-electron chi connectivity index (χ2n) is 2.19. The molecule has 0 aliphatic rings. The number of aromatic nitrogens is 2. The summed E-state index contributed by atoms with van der Waals surface area (Å²) >= 11 is 0. The molecule has 0 bridgehead atoms. The lowest BCUT2D eigenvalue weighted by Gasteiger charge is -1.98. The summed E-state index contributed by atoms with van der Waals surface area (Å²) in [6.07, 6.45) is 0.832. The van der Waals surface area contributed by atoms with Crippen LogP contribution in [0.1, 0.15) is 31.1 Å². The van der Waals surface area contributed by atoms with Crippen LogP contribution in [0.3, 0.4) is 0 Å². The molecule has 1 atom stereocenters. The summed E-state index contributed by atoms with van der Waals surface area (Å²) in [7, 11) is 0. The lowest BCUT2D eigenvalue weighted by atomic mass is 10.2. The van der Waals surface area contributed by atoms with E-state index in [1.165, 1.54) is 0 Å². The number of nitrogens with zero attached hydrogens (tertiary/aromatic N) is 2. The SMILES string of the molecule is CC[C@H](N)c1noc(C)n1. The normalized spacial score (nSPS) is 13.5. The fourth-order valence-electron chi connectivity index (χ4n) is 0.648. The van der Waals surface area contributed by atoms with Crippen LogP contribution in [0.25, 0.3) is 0 Å². The predicted octanol–water partition coefficient (Wildman–Crippen LogP) is 0.788. The minimum absolute atomic E-state index is 0.0857. The van der Waals surface area contributed by atoms with Crippen LogP contribution in [-0.2, 0) is 0 Å². The van der Waals surface area contributed by atoms with E-state index in [0.29, 0.717) is 11.7 Å². The summed E-state index contributed by atoms with van der Waals surface area (Å²) in [5.74, 6) is 1.17. The molecule has 1 rings (SSSR count). The Bertz CT molecular complexity index is 209. The molecule has 0 aliphatic carbocycles. The molecule has 0 saturated heterocycles. The van der Waals surface area contributed by atoms with Crippen LogP contribution in [0, 0.1) is 6.92 Å². The Labute approximate surface area is 59.4 Å². The highest BCUT2D eigenvalue weighted by atomic mass is 16.5. The van der Waals surface area contributed by atoms with Gasteiger partial charge in [0.05, 0.1) is 6.04 Å². The lowest BCUT2D eigenvalue weighted by molar-refractivity contribution is 0.382. The molecule has 2 N–H and O–H groups in total. The molecule has 0 aromatic carbocycles. The Balaban J connectivity index is 2.74. The molecule has 1 aromatic rings. The highest BCUT2D eigenvalue weighted by molar-refractivity contribution is 4.90. The van der Waals surface area contributed by atoms with E-state index < -0.39 is 0 Å². The Hall–Kier alpha value is -0.900. The maximum absolute atomic E-state index is 5.62. The van der Waals surface area contributed by atoms with Crippen LogP contribution in [0.4, 0.5) is 0 Å². The standard InChI is InChI=1S/C6H11N3O/c1-3-5(7)6-8-4(2)10-9-6/h5H,3,7H2,1-2H3/t5-/m0/s1. The van der Waals surface area contributed by atoms with Crippen molar-refractivity contribution in [1.82, 2.24) is 10.1 Å². The molecular weight excluding hydrogens is 130 g/mol. The number of hydrogen-bond donors (Lipinski definition) is 1. The topological polar surface area (TPSA) is 64.9 Å². The van der Waals surface area contributed by atoms with Gasteiger partial charge < -0.3 is 10.3 Å². The number of nitrogens with two attached hydrogens (primary N) is 1. The van der Waals surface area contributed by atoms with Crippen LogP contribution < -0.4 is 5.73 Å². The van der Waals surface area contributed by atoms with E-state index in [-0.39, 0.29) is 6.04 Å². The fourth-order valence-corrected chi connectivity index (χ4v) is 0.648. The number of hydrogen-bond acceptors (Lipinski definition) is 4. The minimum Gasteiger partial charge on any atom is -0.340 e. The Morgan fingerprint density at radius 2 is 2.40 bits per heavy atom. The Kier molecular flexibility index (Phi) is 2.01. The van der Waals surface area contributed by atoms with E-state index in [9.17, 15) is 0 Å². The molecule has 0 amide bonds. The third kappa shape index (κ3) is 1.33. The smallest absolute Gasteiger partial charge is 0.223 e. The molecule has 56 valence electrons. The van der Waals surface area contributed by atoms with Gasteiger partial charge >= 0.3 is 0 Å². The maximum atomic E-state index is 5.62. The van der Waals surface area contributed by atoms with Crippen molar-refractivity contribution in [3.05, 3.63) is 11.7 Å². The highest BCUT2D eigenvalue weighted by Gasteiger charge is 2.08. The monoisotopic (exact) mass is 141 g/mol. The van der Waals surface area contributed by atoms with E-state index in [2.05, 4.69) is 10.1 Å². The zero-order valence-electron chi connectivity index (χ0n) is 6.16. The number of rotatable bonds is 2. The van der Waals surface area contributed by atoms with Crippen molar-refractivity contribution in [3.8, 4) is 0 Å². The summed E-state index contributed by atoms with van der Waals surface area (Å²) < 4.78 is 4.75. The van der Waals surface area contributed by atoms with Crippen LogP contribution in [0.15, 0.2) is 4.52 Å². The van der Waals surface area contributed by atoms with Gasteiger partial charge in [0, 0.05) is 6.92 Å². The first-order valence-electron chi connectivity index (χ1n) is 3.29. The molecular formula is C6H11N3O. The molecule has 0 radical (unpaired) electrons. The fraction of sp³-hybridized carbons (Fsp3) is 0.667. The van der Waals surface area contributed by atoms with Crippen molar-refractivity contribution < 1.29 is 4.52 Å². The van der Waals surface area contributed by atoms with E-state index in [1.807, 2.05) is 6.92 Å². The second-order valence-corrected chi connectivity index (χ2v) is 2.19. The van der Waals surface area contributed by atoms with Gasteiger partial charge in [-0.05, 0) is 6.42 Å². The van der Waals surface area contributed by atoms with E-state index in [0.717, 1.165) is 6.42 Å². The van der Waals surface area contributed by atoms with Gasteiger partial charge in [0.2, 0.25) is 5.89 Å². The van der Waals surface area contributed by atoms with Crippen molar-refractivity contribution in [2.75, 3.05) is 0 Å². The van der Waals surface area contributed by atoms with Crippen molar-refractivity contribution in [2.24, 2.45) is 5.73 Å². The van der Waals surface area contributed by atoms with Gasteiger partial charge in [-0.25, -0.2) is 0 Å². The molecule has 4 heteroatoms. The first kappa shape index (κ1) is 7.21. The average Bonchev–Trinajstić information content (AvgIpc) is 2.34. The summed E-state index contributed by atoms with van der Waals surface area (Å²) in [5, 5.41) is 3.68. The molecule has 4 nitrogen and oxygen atoms in total.